The highest BCUT2D eigenvalue weighted by molar-refractivity contribution is 9.26. The summed E-state index contributed by atoms with van der Waals surface area (Å²) in [5.74, 6) is 2.27. The van der Waals surface area contributed by atoms with Gasteiger partial charge in [0.1, 0.15) is 0 Å². The average molecular weight is 667 g/mol. The molecule has 0 fully saturated rings. The molecule has 3 unspecified atom stereocenters. The summed E-state index contributed by atoms with van der Waals surface area (Å²) in [5, 5.41) is 9.95. The molecule has 0 aliphatic heterocycles. The number of benzene rings is 1. The van der Waals surface area contributed by atoms with Gasteiger partial charge in [0.05, 0.1) is 9.49 Å². The smallest absolute Gasteiger partial charge is 0.0580 e. The first-order chi connectivity index (χ1) is 16.1. The summed E-state index contributed by atoms with van der Waals surface area (Å²) in [4.78, 5) is 0. The molecule has 0 aromatic heterocycles. The Kier molecular flexibility index (Phi) is 15.4. The van der Waals surface area contributed by atoms with Gasteiger partial charge >= 0.3 is 0 Å². The predicted octanol–water partition coefficient (Wildman–Crippen LogP) is 11.0. The van der Waals surface area contributed by atoms with Crippen LogP contribution in [0.3, 0.4) is 0 Å². The van der Waals surface area contributed by atoms with Gasteiger partial charge in [-0.25, -0.2) is 0 Å². The zero-order chi connectivity index (χ0) is 27.1. The third kappa shape index (κ3) is 9.35. The van der Waals surface area contributed by atoms with E-state index in [2.05, 4.69) is 122 Å². The molecule has 35 heavy (non-hydrogen) atoms. The lowest BCUT2D eigenvalue weighted by atomic mass is 9.59. The second-order valence-corrected chi connectivity index (χ2v) is 22.1. The minimum Gasteiger partial charge on any atom is -0.396 e. The first-order valence-electron chi connectivity index (χ1n) is 11.3. The van der Waals surface area contributed by atoms with E-state index in [4.69, 9.17) is 0 Å². The molecule has 0 aliphatic carbocycles. The van der Waals surface area contributed by atoms with Gasteiger partial charge in [0.25, 0.3) is 0 Å². The monoisotopic (exact) mass is 666 g/mol. The summed E-state index contributed by atoms with van der Waals surface area (Å²) in [5.41, 5.74) is 2.44. The van der Waals surface area contributed by atoms with Crippen LogP contribution in [0.25, 0.3) is 0 Å². The third-order valence-corrected chi connectivity index (χ3v) is 20.7. The molecule has 1 aromatic carbocycles. The Morgan fingerprint density at radius 2 is 1.34 bits per heavy atom. The maximum Gasteiger partial charge on any atom is 0.0580 e. The largest absolute Gasteiger partial charge is 0.396 e. The van der Waals surface area contributed by atoms with Crippen LogP contribution < -0.4 is 0 Å². The molecule has 0 heterocycles. The molecular weight excluding hydrogens is 625 g/mol. The van der Waals surface area contributed by atoms with Gasteiger partial charge < -0.3 is 5.11 Å². The Morgan fingerprint density at radius 3 is 1.80 bits per heavy atom. The SMILES string of the molecule is CC(C(C)(C)SSSSCC(C)(SS)c1cccc(C(C)(CSS)SS)c1)C(C)(C)C(C)(C)CO. The molecule has 0 aliphatic rings. The van der Waals surface area contributed by atoms with Gasteiger partial charge in [0.2, 0.25) is 0 Å². The van der Waals surface area contributed by atoms with E-state index < -0.39 is 0 Å². The van der Waals surface area contributed by atoms with E-state index in [1.54, 1.807) is 32.4 Å². The summed E-state index contributed by atoms with van der Waals surface area (Å²) in [6.45, 7) is 20.6. The normalized spacial score (nSPS) is 17.6. The van der Waals surface area contributed by atoms with Crippen molar-refractivity contribution >= 4 is 109 Å². The van der Waals surface area contributed by atoms with Gasteiger partial charge in [-0.2, -0.15) is 0 Å². The molecule has 11 heteroatoms. The van der Waals surface area contributed by atoms with E-state index >= 15 is 0 Å². The highest BCUT2D eigenvalue weighted by Crippen LogP contribution is 2.58. The minimum atomic E-state index is -0.135. The lowest BCUT2D eigenvalue weighted by Crippen LogP contribution is -2.47. The molecule has 0 radical (unpaired) electrons. The fourth-order valence-corrected chi connectivity index (χ4v) is 15.7. The van der Waals surface area contributed by atoms with Crippen LogP contribution >= 0.6 is 109 Å². The molecule has 0 bridgehead atoms. The summed E-state index contributed by atoms with van der Waals surface area (Å²) < 4.78 is -0.124. The summed E-state index contributed by atoms with van der Waals surface area (Å²) >= 11 is 13.6. The second kappa shape index (κ2) is 15.1. The van der Waals surface area contributed by atoms with Crippen molar-refractivity contribution in [1.29, 1.82) is 0 Å². The molecule has 1 rings (SSSR count). The summed E-state index contributed by atoms with van der Waals surface area (Å²) in [7, 11) is 12.3. The average Bonchev–Trinajstić information content (AvgIpc) is 2.82. The van der Waals surface area contributed by atoms with E-state index in [1.165, 1.54) is 11.1 Å². The van der Waals surface area contributed by atoms with Gasteiger partial charge in [0, 0.05) is 22.9 Å². The highest BCUT2D eigenvalue weighted by Gasteiger charge is 2.46. The first-order valence-corrected chi connectivity index (χ1v) is 22.1. The van der Waals surface area contributed by atoms with E-state index in [-0.39, 0.29) is 31.7 Å². The van der Waals surface area contributed by atoms with Gasteiger partial charge in [-0.1, -0.05) is 113 Å². The fourth-order valence-electron chi connectivity index (χ4n) is 3.61. The van der Waals surface area contributed by atoms with Crippen LogP contribution in [-0.4, -0.2) is 28.0 Å². The molecule has 1 N–H and O–H groups in total. The van der Waals surface area contributed by atoms with Crippen molar-refractivity contribution in [1.82, 2.24) is 0 Å². The van der Waals surface area contributed by atoms with Gasteiger partial charge in [0.15, 0.2) is 0 Å². The van der Waals surface area contributed by atoms with Crippen LogP contribution in [0.4, 0.5) is 0 Å². The maximum atomic E-state index is 9.95. The zero-order valence-corrected chi connectivity index (χ0v) is 30.6. The Bertz CT molecular complexity index is 787. The van der Waals surface area contributed by atoms with Crippen molar-refractivity contribution in [2.24, 2.45) is 16.7 Å². The second-order valence-electron chi connectivity index (χ2n) is 11.1. The topological polar surface area (TPSA) is 20.2 Å². The van der Waals surface area contributed by atoms with Crippen LogP contribution in [0.5, 0.6) is 0 Å². The van der Waals surface area contributed by atoms with Crippen molar-refractivity contribution in [2.75, 3.05) is 18.1 Å². The molecule has 0 spiro atoms. The summed E-state index contributed by atoms with van der Waals surface area (Å²) in [6, 6.07) is 8.88. The molecule has 1 aromatic rings. The maximum absolute atomic E-state index is 9.95. The van der Waals surface area contributed by atoms with E-state index in [0.29, 0.717) is 5.92 Å². The molecule has 1 nitrogen and oxygen atoms in total. The number of aliphatic hydroxyl groups excluding tert-OH is 1. The van der Waals surface area contributed by atoms with Crippen LogP contribution in [0, 0.1) is 16.7 Å². The van der Waals surface area contributed by atoms with Crippen molar-refractivity contribution in [3.05, 3.63) is 35.4 Å². The van der Waals surface area contributed by atoms with E-state index in [1.807, 2.05) is 41.2 Å². The highest BCUT2D eigenvalue weighted by atomic mass is 33.7. The number of hydrogen-bond acceptors (Lipinski definition) is 11. The molecule has 204 valence electrons. The van der Waals surface area contributed by atoms with Crippen LogP contribution in [-0.2, 0) is 9.49 Å². The zero-order valence-electron chi connectivity index (χ0n) is 22.2. The predicted molar refractivity (Wildman–Crippen MR) is 189 cm³/mol. The number of thiol groups is 3. The Morgan fingerprint density at radius 1 is 0.829 bits per heavy atom. The van der Waals surface area contributed by atoms with E-state index in [9.17, 15) is 5.11 Å². The Labute approximate surface area is 258 Å². The van der Waals surface area contributed by atoms with Crippen LogP contribution in [0.2, 0.25) is 0 Å². The first kappa shape index (κ1) is 35.7. The van der Waals surface area contributed by atoms with E-state index in [0.717, 1.165) is 11.5 Å². The van der Waals surface area contributed by atoms with Gasteiger partial charge in [-0.3, -0.25) is 0 Å². The standard InChI is InChI=1S/C24H42OS10/c1-17(21(4,5)20(2,3)14-25)22(6,7)33-35-34-30-16-24(9,32-28)19-12-10-11-18(13-19)23(8,31-27)15-29-26/h10-13,17,25-28H,14-16H2,1-9H3. The molecule has 0 saturated heterocycles. The Hall–Kier alpha value is 2.68. The van der Waals surface area contributed by atoms with Gasteiger partial charge in [-0.15, -0.1) is 35.0 Å². The van der Waals surface area contributed by atoms with Crippen LogP contribution in [0.15, 0.2) is 24.3 Å². The molecule has 0 saturated carbocycles. The lowest BCUT2D eigenvalue weighted by molar-refractivity contribution is -0.0122. The number of rotatable bonds is 16. The number of aliphatic hydroxyl groups is 1. The molecule has 0 amide bonds. The summed E-state index contributed by atoms with van der Waals surface area (Å²) in [6.07, 6.45) is 0. The quantitative estimate of drug-likeness (QED) is 0.0784. The van der Waals surface area contributed by atoms with Crippen molar-refractivity contribution in [3.8, 4) is 0 Å². The van der Waals surface area contributed by atoms with Crippen molar-refractivity contribution in [3.63, 3.8) is 0 Å². The minimum absolute atomic E-state index is 0.00808. The van der Waals surface area contributed by atoms with Crippen molar-refractivity contribution in [2.45, 2.75) is 76.6 Å². The lowest BCUT2D eigenvalue weighted by Gasteiger charge is -2.50. The Balaban J connectivity index is 2.80. The van der Waals surface area contributed by atoms with Gasteiger partial charge in [-0.05, 0) is 75.2 Å². The fraction of sp³-hybridized carbons (Fsp3) is 0.750. The molecular formula is C24H42OS10. The number of hydrogen-bond donors (Lipinski definition) is 4. The van der Waals surface area contributed by atoms with Crippen molar-refractivity contribution < 1.29 is 5.11 Å². The molecule has 3 atom stereocenters. The van der Waals surface area contributed by atoms with Crippen LogP contribution in [0.1, 0.15) is 73.4 Å². The third-order valence-electron chi connectivity index (χ3n) is 7.75.